The number of nitrogens with zero attached hydrogens (tertiary/aromatic N) is 7. The molecule has 0 saturated carbocycles. The van der Waals surface area contributed by atoms with Crippen LogP contribution in [-0.4, -0.2) is 78.2 Å². The largest absolute Gasteiger partial charge is 0.456 e. The van der Waals surface area contributed by atoms with Crippen LogP contribution in [0, 0.1) is 5.41 Å². The molecule has 1 saturated heterocycles. The molecule has 1 N–H and O–H groups in total. The highest BCUT2D eigenvalue weighted by Crippen LogP contribution is 2.46. The first kappa shape index (κ1) is 21.4. The number of carbonyl (C=O) groups excluding carboxylic acids is 2. The fourth-order valence-electron chi connectivity index (χ4n) is 4.77. The predicted molar refractivity (Wildman–Crippen MR) is 114 cm³/mol. The second-order valence-electron chi connectivity index (χ2n) is 8.74. The van der Waals surface area contributed by atoms with Crippen molar-refractivity contribution in [2.24, 2.45) is 5.41 Å². The van der Waals surface area contributed by atoms with E-state index in [0.29, 0.717) is 55.1 Å². The average molecular weight is 451 g/mol. The summed E-state index contributed by atoms with van der Waals surface area (Å²) >= 11 is 0. The van der Waals surface area contributed by atoms with E-state index in [2.05, 4.69) is 25.4 Å². The van der Waals surface area contributed by atoms with Gasteiger partial charge in [-0.15, -0.1) is 5.10 Å². The Morgan fingerprint density at radius 3 is 2.61 bits per heavy atom. The summed E-state index contributed by atoms with van der Waals surface area (Å²) in [6, 6.07) is 3.57. The number of hydrogen-bond acceptors (Lipinski definition) is 9. The van der Waals surface area contributed by atoms with Gasteiger partial charge in [-0.1, -0.05) is 6.07 Å². The van der Waals surface area contributed by atoms with Crippen LogP contribution in [0.25, 0.3) is 5.82 Å². The second kappa shape index (κ2) is 8.16. The van der Waals surface area contributed by atoms with Crippen LogP contribution in [0.5, 0.6) is 0 Å². The second-order valence-corrected chi connectivity index (χ2v) is 8.74. The minimum atomic E-state index is -0.698. The number of rotatable bonds is 5. The van der Waals surface area contributed by atoms with Gasteiger partial charge >= 0.3 is 5.97 Å². The van der Waals surface area contributed by atoms with Gasteiger partial charge in [0.05, 0.1) is 22.8 Å². The Labute approximate surface area is 190 Å². The molecule has 33 heavy (non-hydrogen) atoms. The predicted octanol–water partition coefficient (Wildman–Crippen LogP) is 0.750. The number of amides is 1. The number of β-amino-alcohol motifs (C(OH)–C–C–N with tert-alkyl or cyclic N) is 1. The van der Waals surface area contributed by atoms with Gasteiger partial charge < -0.3 is 14.7 Å². The smallest absolute Gasteiger partial charge is 0.336 e. The van der Waals surface area contributed by atoms with E-state index in [4.69, 9.17) is 4.74 Å². The van der Waals surface area contributed by atoms with Gasteiger partial charge in [0.2, 0.25) is 5.91 Å². The highest BCUT2D eigenvalue weighted by molar-refractivity contribution is 5.96. The zero-order chi connectivity index (χ0) is 23.2. The van der Waals surface area contributed by atoms with E-state index >= 15 is 0 Å². The summed E-state index contributed by atoms with van der Waals surface area (Å²) in [6.45, 7) is 5.63. The fraction of sp³-hybridized carbons (Fsp3) is 0.455. The zero-order valence-electron chi connectivity index (χ0n) is 18.5. The Balaban J connectivity index is 1.22. The van der Waals surface area contributed by atoms with Crippen LogP contribution < -0.4 is 0 Å². The molecule has 1 atom stereocenters. The SMILES string of the molecule is CC1=CN(C2=C(C)C(=O)OC2)C(=O)C12CCN(C[C@H](O)c1ccc(-n3cnnn3)nc1)CC2. The summed E-state index contributed by atoms with van der Waals surface area (Å²) in [4.78, 5) is 33.2. The van der Waals surface area contributed by atoms with Crippen molar-refractivity contribution >= 4 is 11.9 Å². The number of piperidine rings is 1. The number of aliphatic hydroxyl groups excluding tert-OH is 1. The molecule has 5 heterocycles. The van der Waals surface area contributed by atoms with Crippen LogP contribution in [0.4, 0.5) is 0 Å². The molecule has 1 amide bonds. The lowest BCUT2D eigenvalue weighted by Crippen LogP contribution is -2.47. The van der Waals surface area contributed by atoms with E-state index in [-0.39, 0.29) is 18.5 Å². The average Bonchev–Trinajstić information content (AvgIpc) is 3.53. The summed E-state index contributed by atoms with van der Waals surface area (Å²) in [6.07, 6.45) is 5.56. The third-order valence-corrected chi connectivity index (χ3v) is 6.96. The van der Waals surface area contributed by atoms with Crippen LogP contribution in [0.3, 0.4) is 0 Å². The van der Waals surface area contributed by atoms with Gasteiger partial charge in [0.1, 0.15) is 12.9 Å². The van der Waals surface area contributed by atoms with Crippen molar-refractivity contribution in [3.05, 3.63) is 53.3 Å². The van der Waals surface area contributed by atoms with Crippen LogP contribution in [-0.2, 0) is 14.3 Å². The first-order valence-corrected chi connectivity index (χ1v) is 10.9. The summed E-state index contributed by atoms with van der Waals surface area (Å²) in [5.41, 5.74) is 2.28. The first-order valence-electron chi connectivity index (χ1n) is 10.9. The molecule has 0 radical (unpaired) electrons. The van der Waals surface area contributed by atoms with Crippen molar-refractivity contribution in [3.63, 3.8) is 0 Å². The van der Waals surface area contributed by atoms with E-state index in [0.717, 1.165) is 5.57 Å². The van der Waals surface area contributed by atoms with Crippen LogP contribution in [0.2, 0.25) is 0 Å². The van der Waals surface area contributed by atoms with Crippen molar-refractivity contribution in [3.8, 4) is 5.82 Å². The molecule has 11 heteroatoms. The highest BCUT2D eigenvalue weighted by atomic mass is 16.5. The van der Waals surface area contributed by atoms with Crippen molar-refractivity contribution in [2.45, 2.75) is 32.8 Å². The minimum Gasteiger partial charge on any atom is -0.456 e. The molecular formula is C22H25N7O4. The number of tetrazole rings is 1. The number of aromatic nitrogens is 5. The molecule has 5 rings (SSSR count). The molecular weight excluding hydrogens is 426 g/mol. The first-order chi connectivity index (χ1) is 15.9. The van der Waals surface area contributed by atoms with Crippen LogP contribution in [0.1, 0.15) is 38.4 Å². The van der Waals surface area contributed by atoms with Gasteiger partial charge in [0.25, 0.3) is 0 Å². The molecule has 2 aromatic heterocycles. The van der Waals surface area contributed by atoms with Crippen molar-refractivity contribution in [1.29, 1.82) is 0 Å². The molecule has 3 aliphatic heterocycles. The molecule has 0 aromatic carbocycles. The molecule has 172 valence electrons. The summed E-state index contributed by atoms with van der Waals surface area (Å²) in [5.74, 6) is 0.214. The lowest BCUT2D eigenvalue weighted by molar-refractivity contribution is -0.138. The number of pyridine rings is 1. The van der Waals surface area contributed by atoms with Gasteiger partial charge in [-0.05, 0) is 61.8 Å². The van der Waals surface area contributed by atoms with Gasteiger partial charge in [-0.2, -0.15) is 4.68 Å². The fourth-order valence-corrected chi connectivity index (χ4v) is 4.77. The number of aliphatic hydroxyl groups is 1. The van der Waals surface area contributed by atoms with Crippen molar-refractivity contribution < 1.29 is 19.4 Å². The molecule has 1 spiro atoms. The van der Waals surface area contributed by atoms with E-state index < -0.39 is 11.5 Å². The minimum absolute atomic E-state index is 0.00948. The quantitative estimate of drug-likeness (QED) is 0.655. The summed E-state index contributed by atoms with van der Waals surface area (Å²) < 4.78 is 6.54. The maximum absolute atomic E-state index is 13.4. The molecule has 2 aromatic rings. The number of esters is 1. The van der Waals surface area contributed by atoms with E-state index in [9.17, 15) is 14.7 Å². The zero-order valence-corrected chi connectivity index (χ0v) is 18.5. The van der Waals surface area contributed by atoms with Gasteiger partial charge in [0.15, 0.2) is 5.82 Å². The summed E-state index contributed by atoms with van der Waals surface area (Å²) in [5, 5.41) is 21.7. The molecule has 0 unspecified atom stereocenters. The molecule has 0 bridgehead atoms. The van der Waals surface area contributed by atoms with Crippen molar-refractivity contribution in [1.82, 2.24) is 35.0 Å². The van der Waals surface area contributed by atoms with Crippen molar-refractivity contribution in [2.75, 3.05) is 26.2 Å². The van der Waals surface area contributed by atoms with Gasteiger partial charge in [-0.3, -0.25) is 9.69 Å². The Morgan fingerprint density at radius 2 is 2.00 bits per heavy atom. The number of likely N-dealkylation sites (tertiary alicyclic amines) is 1. The van der Waals surface area contributed by atoms with E-state index in [1.165, 1.54) is 11.0 Å². The maximum atomic E-state index is 13.4. The van der Waals surface area contributed by atoms with Gasteiger partial charge in [-0.25, -0.2) is 9.78 Å². The van der Waals surface area contributed by atoms with E-state index in [1.54, 1.807) is 24.1 Å². The Bertz CT molecular complexity index is 1130. The number of carbonyl (C=O) groups is 2. The Kier molecular flexibility index (Phi) is 5.29. The maximum Gasteiger partial charge on any atom is 0.336 e. The third kappa shape index (κ3) is 3.62. The highest BCUT2D eigenvalue weighted by Gasteiger charge is 2.50. The van der Waals surface area contributed by atoms with Gasteiger partial charge in [0, 0.05) is 24.5 Å². The number of ether oxygens (including phenoxy) is 1. The topological polar surface area (TPSA) is 127 Å². The summed E-state index contributed by atoms with van der Waals surface area (Å²) in [7, 11) is 0. The lowest BCUT2D eigenvalue weighted by Gasteiger charge is -2.40. The third-order valence-electron chi connectivity index (χ3n) is 6.96. The molecule has 1 fully saturated rings. The van der Waals surface area contributed by atoms with E-state index in [1.807, 2.05) is 19.2 Å². The molecule has 11 nitrogen and oxygen atoms in total. The van der Waals surface area contributed by atoms with Crippen LogP contribution >= 0.6 is 0 Å². The van der Waals surface area contributed by atoms with Crippen LogP contribution in [0.15, 0.2) is 47.7 Å². The number of hydrogen-bond donors (Lipinski definition) is 1. The monoisotopic (exact) mass is 451 g/mol. The standard InChI is InChI=1S/C22H25N7O4/c1-14-10-28(17-12-33-20(31)15(17)2)21(32)22(14)5-7-27(8-6-22)11-18(30)16-3-4-19(23-9-16)29-13-24-25-26-29/h3-4,9-10,13,18,30H,5-8,11-12H2,1-2H3/t18-/m0/s1. The lowest BCUT2D eigenvalue weighted by atomic mass is 9.74. The Hall–Kier alpha value is -3.44. The Morgan fingerprint density at radius 1 is 1.21 bits per heavy atom. The normalized spacial score (nSPS) is 21.7. The molecule has 3 aliphatic rings. The molecule has 0 aliphatic carbocycles. The number of cyclic esters (lactones) is 1.